The quantitative estimate of drug-likeness (QED) is 0.714. The first-order valence-corrected chi connectivity index (χ1v) is 8.65. The number of nitrogens with zero attached hydrogens (tertiary/aromatic N) is 3. The zero-order valence-corrected chi connectivity index (χ0v) is 15.1. The molecule has 25 heavy (non-hydrogen) atoms. The summed E-state index contributed by atoms with van der Waals surface area (Å²) in [6.45, 7) is 5.80. The van der Waals surface area contributed by atoms with E-state index in [1.165, 1.54) is 11.8 Å². The molecule has 0 fully saturated rings. The fraction of sp³-hybridized carbons (Fsp3) is 0.158. The molecule has 2 heterocycles. The molecule has 0 bridgehead atoms. The number of rotatable bonds is 4. The highest BCUT2D eigenvalue weighted by atomic mass is 32.2. The Labute approximate surface area is 150 Å². The van der Waals surface area contributed by atoms with Crippen molar-refractivity contribution in [3.05, 3.63) is 71.3 Å². The number of pyridine rings is 1. The predicted octanol–water partition coefficient (Wildman–Crippen LogP) is 4.20. The number of hydrogen-bond donors (Lipinski definition) is 1. The second kappa shape index (κ2) is 7.44. The van der Waals surface area contributed by atoms with Crippen LogP contribution in [-0.2, 0) is 0 Å². The lowest BCUT2D eigenvalue weighted by molar-refractivity contribution is 0.102. The maximum atomic E-state index is 12.2. The summed E-state index contributed by atoms with van der Waals surface area (Å²) in [5, 5.41) is 3.59. The van der Waals surface area contributed by atoms with Crippen molar-refractivity contribution in [1.29, 1.82) is 0 Å². The topological polar surface area (TPSA) is 67.8 Å². The monoisotopic (exact) mass is 350 g/mol. The highest BCUT2D eigenvalue weighted by Crippen LogP contribution is 2.26. The van der Waals surface area contributed by atoms with Crippen LogP contribution in [0.15, 0.2) is 58.7 Å². The molecule has 1 amide bonds. The average molecular weight is 350 g/mol. The van der Waals surface area contributed by atoms with E-state index in [0.29, 0.717) is 5.56 Å². The van der Waals surface area contributed by atoms with Gasteiger partial charge in [0.1, 0.15) is 0 Å². The number of amides is 1. The van der Waals surface area contributed by atoms with Crippen molar-refractivity contribution < 1.29 is 4.79 Å². The molecule has 126 valence electrons. The minimum atomic E-state index is -0.175. The van der Waals surface area contributed by atoms with Gasteiger partial charge in [0.05, 0.1) is 5.56 Å². The van der Waals surface area contributed by atoms with Gasteiger partial charge in [-0.05, 0) is 75.0 Å². The van der Waals surface area contributed by atoms with Crippen molar-refractivity contribution >= 4 is 23.4 Å². The lowest BCUT2D eigenvalue weighted by Crippen LogP contribution is -2.12. The number of nitrogens with one attached hydrogen (secondary N) is 1. The maximum absolute atomic E-state index is 12.2. The molecular formula is C19H18N4OS. The Kier molecular flexibility index (Phi) is 5.09. The Hall–Kier alpha value is -2.73. The van der Waals surface area contributed by atoms with E-state index in [4.69, 9.17) is 0 Å². The first-order chi connectivity index (χ1) is 12.0. The first kappa shape index (κ1) is 17.1. The summed E-state index contributed by atoms with van der Waals surface area (Å²) in [6, 6.07) is 13.1. The number of anilines is 1. The van der Waals surface area contributed by atoms with Crippen LogP contribution in [0.3, 0.4) is 0 Å². The molecule has 3 aromatic rings. The van der Waals surface area contributed by atoms with Crippen molar-refractivity contribution in [1.82, 2.24) is 15.0 Å². The molecule has 0 aliphatic heterocycles. The number of carbonyl (C=O) groups is 1. The molecule has 0 saturated heterocycles. The van der Waals surface area contributed by atoms with Crippen molar-refractivity contribution in [2.24, 2.45) is 0 Å². The van der Waals surface area contributed by atoms with Gasteiger partial charge in [0.25, 0.3) is 5.91 Å². The fourth-order valence-electron chi connectivity index (χ4n) is 2.26. The van der Waals surface area contributed by atoms with Gasteiger partial charge in [-0.3, -0.25) is 9.78 Å². The lowest BCUT2D eigenvalue weighted by atomic mass is 10.2. The number of aryl methyl sites for hydroxylation is 3. The van der Waals surface area contributed by atoms with Gasteiger partial charge < -0.3 is 5.32 Å². The number of aromatic nitrogens is 3. The summed E-state index contributed by atoms with van der Waals surface area (Å²) in [6.07, 6.45) is 1.58. The largest absolute Gasteiger partial charge is 0.322 e. The lowest BCUT2D eigenvalue weighted by Gasteiger charge is -2.07. The molecule has 2 aromatic heterocycles. The van der Waals surface area contributed by atoms with Crippen molar-refractivity contribution in [3.63, 3.8) is 0 Å². The molecule has 0 atom stereocenters. The minimum Gasteiger partial charge on any atom is -0.322 e. The third kappa shape index (κ3) is 4.64. The summed E-state index contributed by atoms with van der Waals surface area (Å²) in [5.74, 6) is -0.175. The third-order valence-electron chi connectivity index (χ3n) is 3.46. The summed E-state index contributed by atoms with van der Waals surface area (Å²) in [5.41, 5.74) is 4.05. The van der Waals surface area contributed by atoms with Gasteiger partial charge in [-0.1, -0.05) is 0 Å². The highest BCUT2D eigenvalue weighted by molar-refractivity contribution is 7.99. The van der Waals surface area contributed by atoms with Gasteiger partial charge in [-0.25, -0.2) is 9.97 Å². The number of carbonyl (C=O) groups excluding carboxylic acids is 1. The second-order valence-electron chi connectivity index (χ2n) is 5.70. The van der Waals surface area contributed by atoms with Gasteiger partial charge in [0.2, 0.25) is 0 Å². The van der Waals surface area contributed by atoms with Crippen LogP contribution in [0.1, 0.15) is 27.4 Å². The summed E-state index contributed by atoms with van der Waals surface area (Å²) in [7, 11) is 0. The molecule has 0 aliphatic carbocycles. The third-order valence-corrected chi connectivity index (χ3v) is 4.33. The first-order valence-electron chi connectivity index (χ1n) is 7.84. The van der Waals surface area contributed by atoms with E-state index < -0.39 is 0 Å². The van der Waals surface area contributed by atoms with Gasteiger partial charge in [0.15, 0.2) is 5.16 Å². The van der Waals surface area contributed by atoms with Crippen molar-refractivity contribution in [2.45, 2.75) is 30.8 Å². The number of benzene rings is 1. The van der Waals surface area contributed by atoms with E-state index in [0.717, 1.165) is 32.8 Å². The standard InChI is InChI=1S/C19H18N4OS/c1-12-4-5-15(11-20-12)18(24)23-16-6-8-17(9-7-16)25-19-21-13(2)10-14(3)22-19/h4-11H,1-3H3,(H,23,24). The molecule has 1 aromatic carbocycles. The van der Waals surface area contributed by atoms with Crippen molar-refractivity contribution in [3.8, 4) is 0 Å². The van der Waals surface area contributed by atoms with Crippen molar-refractivity contribution in [2.75, 3.05) is 5.32 Å². The van der Waals surface area contributed by atoms with Crippen LogP contribution < -0.4 is 5.32 Å². The minimum absolute atomic E-state index is 0.175. The molecule has 0 unspecified atom stereocenters. The fourth-order valence-corrected chi connectivity index (χ4v) is 3.12. The number of hydrogen-bond acceptors (Lipinski definition) is 5. The Morgan fingerprint density at radius 2 is 1.60 bits per heavy atom. The van der Waals surface area contributed by atoms with E-state index in [9.17, 15) is 4.79 Å². The van der Waals surface area contributed by atoms with Crippen LogP contribution in [0.4, 0.5) is 5.69 Å². The summed E-state index contributed by atoms with van der Waals surface area (Å²) in [4.78, 5) is 26.2. The Morgan fingerprint density at radius 1 is 0.920 bits per heavy atom. The van der Waals surface area contributed by atoms with Crippen LogP contribution in [-0.4, -0.2) is 20.9 Å². The van der Waals surface area contributed by atoms with E-state index in [2.05, 4.69) is 20.3 Å². The molecule has 0 radical (unpaired) electrons. The molecule has 0 saturated carbocycles. The normalized spacial score (nSPS) is 10.5. The zero-order valence-electron chi connectivity index (χ0n) is 14.3. The van der Waals surface area contributed by atoms with E-state index in [-0.39, 0.29) is 5.91 Å². The van der Waals surface area contributed by atoms with Crippen LogP contribution in [0.2, 0.25) is 0 Å². The molecule has 5 nitrogen and oxygen atoms in total. The predicted molar refractivity (Wildman–Crippen MR) is 99.0 cm³/mol. The molecule has 3 rings (SSSR count). The van der Waals surface area contributed by atoms with Crippen LogP contribution in [0, 0.1) is 20.8 Å². The molecule has 0 spiro atoms. The Bertz CT molecular complexity index is 872. The Morgan fingerprint density at radius 3 is 2.20 bits per heavy atom. The Balaban J connectivity index is 1.67. The van der Waals surface area contributed by atoms with Crippen LogP contribution in [0.25, 0.3) is 0 Å². The van der Waals surface area contributed by atoms with E-state index in [1.54, 1.807) is 12.3 Å². The maximum Gasteiger partial charge on any atom is 0.257 e. The zero-order chi connectivity index (χ0) is 17.8. The SMILES string of the molecule is Cc1ccc(C(=O)Nc2ccc(Sc3nc(C)cc(C)n3)cc2)cn1. The van der Waals surface area contributed by atoms with Gasteiger partial charge >= 0.3 is 0 Å². The smallest absolute Gasteiger partial charge is 0.257 e. The molecule has 1 N–H and O–H groups in total. The molecule has 6 heteroatoms. The van der Waals surface area contributed by atoms with Gasteiger partial charge in [0, 0.05) is 33.9 Å². The highest BCUT2D eigenvalue weighted by Gasteiger charge is 2.07. The molecular weight excluding hydrogens is 332 g/mol. The second-order valence-corrected chi connectivity index (χ2v) is 6.74. The van der Waals surface area contributed by atoms with Gasteiger partial charge in [-0.2, -0.15) is 0 Å². The average Bonchev–Trinajstić information content (AvgIpc) is 2.56. The van der Waals surface area contributed by atoms with Crippen LogP contribution >= 0.6 is 11.8 Å². The van der Waals surface area contributed by atoms with Gasteiger partial charge in [-0.15, -0.1) is 0 Å². The van der Waals surface area contributed by atoms with E-state index >= 15 is 0 Å². The van der Waals surface area contributed by atoms with E-state index in [1.807, 2.05) is 57.2 Å². The summed E-state index contributed by atoms with van der Waals surface area (Å²) >= 11 is 1.50. The summed E-state index contributed by atoms with van der Waals surface area (Å²) < 4.78 is 0. The molecule has 0 aliphatic rings. The van der Waals surface area contributed by atoms with Crippen LogP contribution in [0.5, 0.6) is 0 Å².